The van der Waals surface area contributed by atoms with E-state index in [0.29, 0.717) is 5.56 Å². The molecule has 1 saturated carbocycles. The summed E-state index contributed by atoms with van der Waals surface area (Å²) in [6.45, 7) is 2.32. The van der Waals surface area contributed by atoms with Crippen molar-refractivity contribution in [2.24, 2.45) is 11.8 Å². The molecule has 0 unspecified atom stereocenters. The zero-order chi connectivity index (χ0) is 23.4. The number of hydrogen-bond acceptors (Lipinski definition) is 0. The molecule has 0 N–H and O–H groups in total. The molecule has 180 valence electrons. The summed E-state index contributed by atoms with van der Waals surface area (Å²) in [6.07, 6.45) is 11.1. The van der Waals surface area contributed by atoms with E-state index in [1.165, 1.54) is 56.3 Å². The first kappa shape index (κ1) is 24.5. The van der Waals surface area contributed by atoms with E-state index in [4.69, 9.17) is 0 Å². The average molecular weight is 477 g/mol. The Morgan fingerprint density at radius 1 is 0.727 bits per heavy atom. The van der Waals surface area contributed by atoms with Gasteiger partial charge in [0.1, 0.15) is 11.6 Å². The van der Waals surface area contributed by atoms with Crippen molar-refractivity contribution in [3.8, 4) is 11.1 Å². The second-order valence-corrected chi connectivity index (χ2v) is 13.9. The third kappa shape index (κ3) is 6.09. The number of halogens is 4. The van der Waals surface area contributed by atoms with Crippen LogP contribution in [0.15, 0.2) is 30.3 Å². The van der Waals surface area contributed by atoms with Crippen LogP contribution in [0.5, 0.6) is 0 Å². The highest BCUT2D eigenvalue weighted by Gasteiger charge is 2.27. The van der Waals surface area contributed by atoms with Crippen molar-refractivity contribution in [3.63, 3.8) is 0 Å². The molecule has 0 spiro atoms. The second kappa shape index (κ2) is 11.2. The molecule has 2 aliphatic rings. The van der Waals surface area contributed by atoms with Crippen LogP contribution >= 0.6 is 0 Å². The fraction of sp³-hybridized carbons (Fsp3) is 0.571. The summed E-state index contributed by atoms with van der Waals surface area (Å²) in [5.74, 6) is -1.72. The molecule has 5 heteroatoms. The fourth-order valence-electron chi connectivity index (χ4n) is 6.23. The molecule has 0 atom stereocenters. The van der Waals surface area contributed by atoms with E-state index in [0.717, 1.165) is 49.7 Å². The van der Waals surface area contributed by atoms with Crippen LogP contribution in [0.3, 0.4) is 0 Å². The molecule has 4 rings (SSSR count). The van der Waals surface area contributed by atoms with Crippen molar-refractivity contribution in [1.29, 1.82) is 0 Å². The SMILES string of the molecule is CCC[SiH]1CCC(CC[C@H]2CC[C@H](c3cc(F)c(-c4ccc(F)c(F)c4)c(F)c3)CC2)CC1. The predicted molar refractivity (Wildman–Crippen MR) is 130 cm³/mol. The minimum absolute atomic E-state index is 0.0190. The first-order valence-corrected chi connectivity index (χ1v) is 15.3. The average Bonchev–Trinajstić information content (AvgIpc) is 2.81. The van der Waals surface area contributed by atoms with Crippen LogP contribution in [0.25, 0.3) is 11.1 Å². The largest absolute Gasteiger partial charge is 0.206 e. The van der Waals surface area contributed by atoms with E-state index in [2.05, 4.69) is 6.92 Å². The van der Waals surface area contributed by atoms with Gasteiger partial charge in [-0.1, -0.05) is 63.2 Å². The summed E-state index contributed by atoms with van der Waals surface area (Å²) < 4.78 is 56.4. The summed E-state index contributed by atoms with van der Waals surface area (Å²) in [7, 11) is -0.401. The van der Waals surface area contributed by atoms with E-state index in [9.17, 15) is 17.6 Å². The standard InChI is InChI=1S/C28H36F4Si/c1-2-13-33-14-11-20(12-15-33)4-3-19-5-7-21(8-6-19)23-17-26(31)28(27(32)18-23)22-9-10-24(29)25(30)16-22/h9-10,16-21,33H,2-8,11-15H2,1H3/t19-,20?,21-,33?. The summed E-state index contributed by atoms with van der Waals surface area (Å²) in [4.78, 5) is 0. The van der Waals surface area contributed by atoms with Crippen LogP contribution in [0.1, 0.15) is 76.2 Å². The Morgan fingerprint density at radius 3 is 1.91 bits per heavy atom. The molecule has 2 aromatic carbocycles. The molecule has 2 fully saturated rings. The Kier molecular flexibility index (Phi) is 8.32. The van der Waals surface area contributed by atoms with Crippen molar-refractivity contribution in [1.82, 2.24) is 0 Å². The summed E-state index contributed by atoms with van der Waals surface area (Å²) in [5.41, 5.74) is 0.419. The van der Waals surface area contributed by atoms with Gasteiger partial charge in [0.05, 0.1) is 5.56 Å². The van der Waals surface area contributed by atoms with E-state index in [1.54, 1.807) is 12.1 Å². The normalized spacial score (nSPS) is 25.8. The molecule has 0 amide bonds. The lowest BCUT2D eigenvalue weighted by molar-refractivity contribution is 0.279. The van der Waals surface area contributed by atoms with Gasteiger partial charge in [0.25, 0.3) is 0 Å². The van der Waals surface area contributed by atoms with Gasteiger partial charge in [0.15, 0.2) is 11.6 Å². The van der Waals surface area contributed by atoms with Crippen molar-refractivity contribution in [2.75, 3.05) is 0 Å². The van der Waals surface area contributed by atoms with Gasteiger partial charge in [-0.25, -0.2) is 17.6 Å². The monoisotopic (exact) mass is 476 g/mol. The van der Waals surface area contributed by atoms with Crippen molar-refractivity contribution < 1.29 is 17.6 Å². The van der Waals surface area contributed by atoms with E-state index in [-0.39, 0.29) is 17.0 Å². The molecular weight excluding hydrogens is 440 g/mol. The lowest BCUT2D eigenvalue weighted by Crippen LogP contribution is -2.22. The van der Waals surface area contributed by atoms with Gasteiger partial charge in [-0.2, -0.15) is 0 Å². The third-order valence-electron chi connectivity index (χ3n) is 8.24. The second-order valence-electron chi connectivity index (χ2n) is 10.5. The Balaban J connectivity index is 1.30. The van der Waals surface area contributed by atoms with Crippen LogP contribution in [0, 0.1) is 35.1 Å². The van der Waals surface area contributed by atoms with Crippen molar-refractivity contribution in [3.05, 3.63) is 59.2 Å². The molecule has 1 saturated heterocycles. The zero-order valence-corrected chi connectivity index (χ0v) is 20.8. The Hall–Kier alpha value is -1.62. The molecule has 0 aromatic heterocycles. The Morgan fingerprint density at radius 2 is 1.33 bits per heavy atom. The Bertz CT molecular complexity index is 904. The highest BCUT2D eigenvalue weighted by atomic mass is 28.3. The summed E-state index contributed by atoms with van der Waals surface area (Å²) >= 11 is 0. The molecule has 2 aromatic rings. The molecule has 0 radical (unpaired) electrons. The first-order valence-electron chi connectivity index (χ1n) is 12.9. The molecule has 1 heterocycles. The Labute approximate surface area is 197 Å². The smallest absolute Gasteiger partial charge is 0.159 e. The van der Waals surface area contributed by atoms with Gasteiger partial charge in [-0.3, -0.25) is 0 Å². The number of benzene rings is 2. The van der Waals surface area contributed by atoms with Crippen LogP contribution in [0.4, 0.5) is 17.6 Å². The summed E-state index contributed by atoms with van der Waals surface area (Å²) in [6, 6.07) is 10.4. The van der Waals surface area contributed by atoms with Gasteiger partial charge >= 0.3 is 0 Å². The lowest BCUT2D eigenvalue weighted by atomic mass is 9.76. The van der Waals surface area contributed by atoms with Gasteiger partial charge in [-0.15, -0.1) is 0 Å². The van der Waals surface area contributed by atoms with Gasteiger partial charge in [-0.05, 0) is 78.8 Å². The predicted octanol–water partition coefficient (Wildman–Crippen LogP) is 9.01. The third-order valence-corrected chi connectivity index (χ3v) is 11.9. The fourth-order valence-corrected chi connectivity index (χ4v) is 9.80. The first-order chi connectivity index (χ1) is 15.9. The molecular formula is C28H36F4Si. The van der Waals surface area contributed by atoms with E-state index < -0.39 is 32.1 Å². The number of rotatable bonds is 7. The maximum atomic E-state index is 14.8. The van der Waals surface area contributed by atoms with Gasteiger partial charge < -0.3 is 0 Å². The van der Waals surface area contributed by atoms with Crippen LogP contribution in [0.2, 0.25) is 18.1 Å². The maximum absolute atomic E-state index is 14.8. The number of hydrogen-bond donors (Lipinski definition) is 0. The van der Waals surface area contributed by atoms with Crippen molar-refractivity contribution >= 4 is 8.80 Å². The van der Waals surface area contributed by atoms with Gasteiger partial charge in [0.2, 0.25) is 0 Å². The lowest BCUT2D eigenvalue weighted by Gasteiger charge is -2.32. The topological polar surface area (TPSA) is 0 Å². The molecule has 1 aliphatic carbocycles. The van der Waals surface area contributed by atoms with Gasteiger partial charge in [0, 0.05) is 8.80 Å². The highest BCUT2D eigenvalue weighted by molar-refractivity contribution is 6.58. The maximum Gasteiger partial charge on any atom is 0.159 e. The van der Waals surface area contributed by atoms with E-state index >= 15 is 0 Å². The van der Waals surface area contributed by atoms with Crippen LogP contribution in [-0.4, -0.2) is 8.80 Å². The van der Waals surface area contributed by atoms with Crippen LogP contribution in [-0.2, 0) is 0 Å². The zero-order valence-electron chi connectivity index (χ0n) is 19.7. The minimum atomic E-state index is -1.11. The molecule has 33 heavy (non-hydrogen) atoms. The van der Waals surface area contributed by atoms with Crippen LogP contribution < -0.4 is 0 Å². The molecule has 0 nitrogen and oxygen atoms in total. The minimum Gasteiger partial charge on any atom is -0.206 e. The molecule has 1 aliphatic heterocycles. The molecule has 0 bridgehead atoms. The van der Waals surface area contributed by atoms with Crippen molar-refractivity contribution in [2.45, 2.75) is 88.8 Å². The van der Waals surface area contributed by atoms with E-state index in [1.807, 2.05) is 0 Å². The summed E-state index contributed by atoms with van der Waals surface area (Å²) in [5, 5.41) is 0. The highest BCUT2D eigenvalue weighted by Crippen LogP contribution is 2.41. The quantitative estimate of drug-likeness (QED) is 0.276.